The first-order valence-electron chi connectivity index (χ1n) is 8.59. The number of rotatable bonds is 1. The second-order valence-corrected chi connectivity index (χ2v) is 6.54. The molecule has 1 aromatic heterocycles. The van der Waals surface area contributed by atoms with Crippen molar-refractivity contribution in [3.63, 3.8) is 0 Å². The van der Waals surface area contributed by atoms with Gasteiger partial charge in [-0.1, -0.05) is 66.2 Å². The third kappa shape index (κ3) is 2.14. The molecule has 0 radical (unpaired) electrons. The van der Waals surface area contributed by atoms with Crippen LogP contribution in [0.2, 0.25) is 0 Å². The Morgan fingerprint density at radius 1 is 0.654 bits per heavy atom. The van der Waals surface area contributed by atoms with Gasteiger partial charge in [0.05, 0.1) is 22.1 Å². The first-order valence-corrected chi connectivity index (χ1v) is 8.59. The van der Waals surface area contributed by atoms with Crippen LogP contribution in [0.5, 0.6) is 5.75 Å². The highest BCUT2D eigenvalue weighted by atomic mass is 16.3. The standard InChI is InChI=1S/C23H16N2O/c1-14-10-12-15(13-11-14)20-22-21(16-6-2-3-7-17(16)23(20)26)24-18-8-4-5-9-19(18)25-22/h2-13,26H,1H3. The zero-order valence-corrected chi connectivity index (χ0v) is 14.3. The second kappa shape index (κ2) is 5.53. The minimum Gasteiger partial charge on any atom is -0.507 e. The van der Waals surface area contributed by atoms with Crippen molar-refractivity contribution in [2.45, 2.75) is 6.92 Å². The van der Waals surface area contributed by atoms with Gasteiger partial charge in [-0.15, -0.1) is 0 Å². The molecule has 0 atom stereocenters. The third-order valence-electron chi connectivity index (χ3n) is 4.82. The van der Waals surface area contributed by atoms with Crippen molar-refractivity contribution in [1.29, 1.82) is 0 Å². The first kappa shape index (κ1) is 14.8. The summed E-state index contributed by atoms with van der Waals surface area (Å²) in [5.41, 5.74) is 6.06. The molecule has 0 unspecified atom stereocenters. The number of aromatic hydroxyl groups is 1. The van der Waals surface area contributed by atoms with Crippen molar-refractivity contribution >= 4 is 32.8 Å². The summed E-state index contributed by atoms with van der Waals surface area (Å²) in [5, 5.41) is 12.8. The van der Waals surface area contributed by atoms with Gasteiger partial charge in [0.1, 0.15) is 11.3 Å². The lowest BCUT2D eigenvalue weighted by molar-refractivity contribution is 0.484. The van der Waals surface area contributed by atoms with E-state index in [4.69, 9.17) is 9.97 Å². The van der Waals surface area contributed by atoms with Crippen molar-refractivity contribution in [3.8, 4) is 16.9 Å². The van der Waals surface area contributed by atoms with E-state index in [9.17, 15) is 5.11 Å². The summed E-state index contributed by atoms with van der Waals surface area (Å²) in [6.07, 6.45) is 0. The van der Waals surface area contributed by atoms with Crippen LogP contribution in [-0.4, -0.2) is 15.1 Å². The van der Waals surface area contributed by atoms with E-state index >= 15 is 0 Å². The highest BCUT2D eigenvalue weighted by Crippen LogP contribution is 2.42. The maximum Gasteiger partial charge on any atom is 0.133 e. The summed E-state index contributed by atoms with van der Waals surface area (Å²) < 4.78 is 0. The van der Waals surface area contributed by atoms with Crippen LogP contribution in [0.25, 0.3) is 44.0 Å². The average Bonchev–Trinajstić information content (AvgIpc) is 2.68. The van der Waals surface area contributed by atoms with Gasteiger partial charge in [-0.05, 0) is 24.6 Å². The SMILES string of the molecule is Cc1ccc(-c2c(O)c3ccccc3c3nc4ccccc4nc23)cc1. The molecule has 0 bridgehead atoms. The Morgan fingerprint density at radius 3 is 1.92 bits per heavy atom. The smallest absolute Gasteiger partial charge is 0.133 e. The van der Waals surface area contributed by atoms with Crippen LogP contribution in [0, 0.1) is 6.92 Å². The van der Waals surface area contributed by atoms with Crippen LogP contribution in [-0.2, 0) is 0 Å². The van der Waals surface area contributed by atoms with Crippen molar-refractivity contribution in [3.05, 3.63) is 78.4 Å². The molecule has 4 aromatic carbocycles. The Labute approximate surface area is 150 Å². The lowest BCUT2D eigenvalue weighted by atomic mass is 9.96. The van der Waals surface area contributed by atoms with Gasteiger partial charge in [-0.3, -0.25) is 0 Å². The van der Waals surface area contributed by atoms with Crippen molar-refractivity contribution < 1.29 is 5.11 Å². The third-order valence-corrected chi connectivity index (χ3v) is 4.82. The first-order chi connectivity index (χ1) is 12.7. The van der Waals surface area contributed by atoms with E-state index in [1.165, 1.54) is 5.56 Å². The van der Waals surface area contributed by atoms with Crippen molar-refractivity contribution in [2.75, 3.05) is 0 Å². The summed E-state index contributed by atoms with van der Waals surface area (Å²) in [5.74, 6) is 0.251. The Kier molecular flexibility index (Phi) is 3.16. The topological polar surface area (TPSA) is 46.0 Å². The largest absolute Gasteiger partial charge is 0.507 e. The molecule has 0 amide bonds. The van der Waals surface area contributed by atoms with E-state index in [2.05, 4.69) is 6.92 Å². The molecule has 124 valence electrons. The molecule has 0 spiro atoms. The number of fused-ring (bicyclic) bond motifs is 4. The number of benzene rings is 4. The molecule has 1 N–H and O–H groups in total. The molecule has 0 aliphatic carbocycles. The fourth-order valence-electron chi connectivity index (χ4n) is 3.50. The number of para-hydroxylation sites is 2. The van der Waals surface area contributed by atoms with E-state index < -0.39 is 0 Å². The zero-order valence-electron chi connectivity index (χ0n) is 14.3. The van der Waals surface area contributed by atoms with Gasteiger partial charge >= 0.3 is 0 Å². The summed E-state index contributed by atoms with van der Waals surface area (Å²) in [6.45, 7) is 2.05. The molecule has 3 heteroatoms. The summed E-state index contributed by atoms with van der Waals surface area (Å²) in [7, 11) is 0. The molecule has 5 aromatic rings. The molecule has 0 saturated carbocycles. The predicted molar refractivity (Wildman–Crippen MR) is 106 cm³/mol. The fraction of sp³-hybridized carbons (Fsp3) is 0.0435. The Bertz CT molecular complexity index is 1290. The van der Waals surface area contributed by atoms with Gasteiger partial charge in [0, 0.05) is 10.8 Å². The predicted octanol–water partition coefficient (Wildman–Crippen LogP) is 5.62. The van der Waals surface area contributed by atoms with Crippen LogP contribution in [0.1, 0.15) is 5.56 Å². The normalized spacial score (nSPS) is 11.4. The minimum atomic E-state index is 0.251. The highest BCUT2D eigenvalue weighted by molar-refractivity contribution is 6.15. The quantitative estimate of drug-likeness (QED) is 0.319. The van der Waals surface area contributed by atoms with Crippen molar-refractivity contribution in [1.82, 2.24) is 9.97 Å². The lowest BCUT2D eigenvalue weighted by Gasteiger charge is -2.13. The van der Waals surface area contributed by atoms with E-state index in [0.29, 0.717) is 0 Å². The number of aryl methyl sites for hydroxylation is 1. The Balaban J connectivity index is 2.02. The molecule has 0 fully saturated rings. The lowest BCUT2D eigenvalue weighted by Crippen LogP contribution is -1.93. The van der Waals surface area contributed by atoms with E-state index in [1.54, 1.807) is 0 Å². The van der Waals surface area contributed by atoms with Crippen LogP contribution in [0.4, 0.5) is 0 Å². The maximum atomic E-state index is 11.1. The van der Waals surface area contributed by atoms with Gasteiger partial charge in [0.2, 0.25) is 0 Å². The monoisotopic (exact) mass is 336 g/mol. The average molecular weight is 336 g/mol. The van der Waals surface area contributed by atoms with E-state index in [1.807, 2.05) is 72.8 Å². The molecular formula is C23H16N2O. The number of nitrogens with zero attached hydrogens (tertiary/aromatic N) is 2. The number of phenols is 1. The molecule has 26 heavy (non-hydrogen) atoms. The summed E-state index contributed by atoms with van der Waals surface area (Å²) in [4.78, 5) is 9.74. The van der Waals surface area contributed by atoms with Gasteiger partial charge < -0.3 is 5.11 Å². The number of hydrogen-bond donors (Lipinski definition) is 1. The van der Waals surface area contributed by atoms with E-state index in [0.717, 1.165) is 44.0 Å². The second-order valence-electron chi connectivity index (χ2n) is 6.54. The molecule has 3 nitrogen and oxygen atoms in total. The summed E-state index contributed by atoms with van der Waals surface area (Å²) in [6, 6.07) is 23.8. The zero-order chi connectivity index (χ0) is 17.7. The van der Waals surface area contributed by atoms with Gasteiger partial charge in [-0.25, -0.2) is 9.97 Å². The van der Waals surface area contributed by atoms with Gasteiger partial charge in [0.25, 0.3) is 0 Å². The number of phenolic OH excluding ortho intramolecular Hbond substituents is 1. The van der Waals surface area contributed by atoms with Crippen LogP contribution in [0.3, 0.4) is 0 Å². The molecule has 5 rings (SSSR count). The van der Waals surface area contributed by atoms with Crippen LogP contribution in [0.15, 0.2) is 72.8 Å². The van der Waals surface area contributed by atoms with Gasteiger partial charge in [0.15, 0.2) is 0 Å². The van der Waals surface area contributed by atoms with Crippen LogP contribution < -0.4 is 0 Å². The summed E-state index contributed by atoms with van der Waals surface area (Å²) >= 11 is 0. The molecular weight excluding hydrogens is 320 g/mol. The highest BCUT2D eigenvalue weighted by Gasteiger charge is 2.18. The molecule has 1 heterocycles. The molecule has 0 aliphatic heterocycles. The maximum absolute atomic E-state index is 11.1. The number of aromatic nitrogens is 2. The Hall–Kier alpha value is -3.46. The Morgan fingerprint density at radius 2 is 1.23 bits per heavy atom. The molecule has 0 saturated heterocycles. The minimum absolute atomic E-state index is 0.251. The van der Waals surface area contributed by atoms with Gasteiger partial charge in [-0.2, -0.15) is 0 Å². The molecule has 0 aliphatic rings. The fourth-order valence-corrected chi connectivity index (χ4v) is 3.50. The van der Waals surface area contributed by atoms with Crippen LogP contribution >= 0.6 is 0 Å². The van der Waals surface area contributed by atoms with E-state index in [-0.39, 0.29) is 5.75 Å². The number of hydrogen-bond acceptors (Lipinski definition) is 3. The van der Waals surface area contributed by atoms with Crippen molar-refractivity contribution in [2.24, 2.45) is 0 Å².